The van der Waals surface area contributed by atoms with Crippen LogP contribution in [0, 0.1) is 0 Å². The van der Waals surface area contributed by atoms with Gasteiger partial charge in [-0.3, -0.25) is 4.79 Å². The lowest BCUT2D eigenvalue weighted by Gasteiger charge is -2.12. The minimum Gasteiger partial charge on any atom is -0.347 e. The van der Waals surface area contributed by atoms with Gasteiger partial charge in [0.2, 0.25) is 5.91 Å². The maximum Gasteiger partial charge on any atom is 0.246 e. The predicted molar refractivity (Wildman–Crippen MR) is 73.4 cm³/mol. The smallest absolute Gasteiger partial charge is 0.246 e. The summed E-state index contributed by atoms with van der Waals surface area (Å²) in [7, 11) is 1.73. The van der Waals surface area contributed by atoms with Crippen LogP contribution in [0.15, 0.2) is 30.6 Å². The Morgan fingerprint density at radius 1 is 1.61 bits per heavy atom. The normalized spacial score (nSPS) is 11.0. The van der Waals surface area contributed by atoms with E-state index in [1.165, 1.54) is 17.4 Å². The average Bonchev–Trinajstić information content (AvgIpc) is 2.97. The number of aromatic nitrogens is 2. The summed E-state index contributed by atoms with van der Waals surface area (Å²) in [6.45, 7) is 0.460. The topological polar surface area (TPSA) is 49.0 Å². The van der Waals surface area contributed by atoms with Crippen LogP contribution in [0.1, 0.15) is 10.7 Å². The zero-order valence-electron chi connectivity index (χ0n) is 9.76. The number of carbonyl (C=O) groups is 1. The van der Waals surface area contributed by atoms with E-state index in [-0.39, 0.29) is 5.91 Å². The van der Waals surface area contributed by atoms with E-state index >= 15 is 0 Å². The fourth-order valence-electron chi connectivity index (χ4n) is 1.39. The summed E-state index contributed by atoms with van der Waals surface area (Å²) in [5.41, 5.74) is 0. The SMILES string of the molecule is CN(Cc1ncc[nH]1)C(=O)C=Cc1ccc(Cl)s1. The van der Waals surface area contributed by atoms with E-state index in [0.29, 0.717) is 10.9 Å². The summed E-state index contributed by atoms with van der Waals surface area (Å²) in [6.07, 6.45) is 6.69. The molecule has 0 aromatic carbocycles. The number of carbonyl (C=O) groups excluding carboxylic acids is 1. The van der Waals surface area contributed by atoms with Crippen LogP contribution in [0.2, 0.25) is 4.34 Å². The Morgan fingerprint density at radius 3 is 3.06 bits per heavy atom. The number of imidazole rings is 1. The highest BCUT2D eigenvalue weighted by molar-refractivity contribution is 7.17. The Hall–Kier alpha value is -1.59. The molecule has 6 heteroatoms. The molecule has 1 N–H and O–H groups in total. The van der Waals surface area contributed by atoms with E-state index in [4.69, 9.17) is 11.6 Å². The van der Waals surface area contributed by atoms with Crippen molar-refractivity contribution in [2.45, 2.75) is 6.54 Å². The highest BCUT2D eigenvalue weighted by atomic mass is 35.5. The molecule has 2 heterocycles. The molecule has 0 atom stereocenters. The van der Waals surface area contributed by atoms with Gasteiger partial charge in [-0.1, -0.05) is 11.6 Å². The summed E-state index contributed by atoms with van der Waals surface area (Å²) >= 11 is 7.25. The minimum atomic E-state index is -0.0732. The molecule has 2 aromatic heterocycles. The van der Waals surface area contributed by atoms with Gasteiger partial charge in [-0.15, -0.1) is 11.3 Å². The highest BCUT2D eigenvalue weighted by Crippen LogP contribution is 2.22. The van der Waals surface area contributed by atoms with Crippen LogP contribution in [0.25, 0.3) is 6.08 Å². The van der Waals surface area contributed by atoms with Crippen molar-refractivity contribution in [1.29, 1.82) is 0 Å². The number of amides is 1. The predicted octanol–water partition coefficient (Wildman–Crippen LogP) is 2.80. The third-order valence-electron chi connectivity index (χ3n) is 2.30. The molecule has 0 radical (unpaired) electrons. The fourth-order valence-corrected chi connectivity index (χ4v) is 2.35. The molecule has 0 saturated heterocycles. The standard InChI is InChI=1S/C12H12ClN3OS/c1-16(8-11-14-6-7-15-11)12(17)5-3-9-2-4-10(13)18-9/h2-7H,8H2,1H3,(H,14,15). The Morgan fingerprint density at radius 2 is 2.44 bits per heavy atom. The van der Waals surface area contributed by atoms with Gasteiger partial charge in [-0.05, 0) is 18.2 Å². The second kappa shape index (κ2) is 5.84. The number of aromatic amines is 1. The number of nitrogens with one attached hydrogen (secondary N) is 1. The lowest BCUT2D eigenvalue weighted by Crippen LogP contribution is -2.24. The second-order valence-electron chi connectivity index (χ2n) is 3.71. The lowest BCUT2D eigenvalue weighted by atomic mass is 10.4. The van der Waals surface area contributed by atoms with E-state index in [0.717, 1.165) is 10.7 Å². The summed E-state index contributed by atoms with van der Waals surface area (Å²) in [5.74, 6) is 0.689. The van der Waals surface area contributed by atoms with Gasteiger partial charge in [-0.2, -0.15) is 0 Å². The number of nitrogens with zero attached hydrogens (tertiary/aromatic N) is 2. The molecule has 0 aliphatic heterocycles. The quantitative estimate of drug-likeness (QED) is 0.876. The molecule has 0 aliphatic carbocycles. The maximum atomic E-state index is 11.8. The third kappa shape index (κ3) is 3.45. The van der Waals surface area contributed by atoms with Crippen molar-refractivity contribution in [1.82, 2.24) is 14.9 Å². The van der Waals surface area contributed by atoms with Crippen molar-refractivity contribution >= 4 is 34.9 Å². The first-order chi connectivity index (χ1) is 8.65. The number of likely N-dealkylation sites (N-methyl/N-ethyl adjacent to an activating group) is 1. The van der Waals surface area contributed by atoms with Crippen molar-refractivity contribution in [3.63, 3.8) is 0 Å². The van der Waals surface area contributed by atoms with Gasteiger partial charge in [0.05, 0.1) is 10.9 Å². The van der Waals surface area contributed by atoms with Gasteiger partial charge in [0.15, 0.2) is 0 Å². The van der Waals surface area contributed by atoms with Crippen LogP contribution < -0.4 is 0 Å². The number of hydrogen-bond donors (Lipinski definition) is 1. The fraction of sp³-hybridized carbons (Fsp3) is 0.167. The first-order valence-electron chi connectivity index (χ1n) is 5.32. The van der Waals surface area contributed by atoms with Crippen molar-refractivity contribution in [2.75, 3.05) is 7.05 Å². The van der Waals surface area contributed by atoms with Crippen LogP contribution in [0.5, 0.6) is 0 Å². The van der Waals surface area contributed by atoms with Gasteiger partial charge >= 0.3 is 0 Å². The van der Waals surface area contributed by atoms with Crippen molar-refractivity contribution in [3.05, 3.63) is 45.6 Å². The minimum absolute atomic E-state index is 0.0732. The lowest BCUT2D eigenvalue weighted by molar-refractivity contribution is -0.125. The first kappa shape index (κ1) is 12.9. The summed E-state index contributed by atoms with van der Waals surface area (Å²) < 4.78 is 0.714. The van der Waals surface area contributed by atoms with Crippen molar-refractivity contribution in [2.24, 2.45) is 0 Å². The molecule has 1 amide bonds. The van der Waals surface area contributed by atoms with Crippen LogP contribution >= 0.6 is 22.9 Å². The molecule has 18 heavy (non-hydrogen) atoms. The molecular formula is C12H12ClN3OS. The van der Waals surface area contributed by atoms with E-state index in [2.05, 4.69) is 9.97 Å². The molecule has 0 unspecified atom stereocenters. The maximum absolute atomic E-state index is 11.8. The number of thiophene rings is 1. The Balaban J connectivity index is 1.93. The largest absolute Gasteiger partial charge is 0.347 e. The van der Waals surface area contributed by atoms with Crippen molar-refractivity contribution in [3.8, 4) is 0 Å². The van der Waals surface area contributed by atoms with E-state index < -0.39 is 0 Å². The Labute approximate surface area is 114 Å². The number of H-pyrrole nitrogens is 1. The number of hydrogen-bond acceptors (Lipinski definition) is 3. The zero-order chi connectivity index (χ0) is 13.0. The van der Waals surface area contributed by atoms with Gasteiger partial charge < -0.3 is 9.88 Å². The monoisotopic (exact) mass is 281 g/mol. The molecule has 0 bridgehead atoms. The van der Waals surface area contributed by atoms with Gasteiger partial charge in [0.1, 0.15) is 5.82 Å². The summed E-state index contributed by atoms with van der Waals surface area (Å²) in [6, 6.07) is 3.69. The molecule has 2 rings (SSSR count). The van der Waals surface area contributed by atoms with Crippen LogP contribution in [0.4, 0.5) is 0 Å². The highest BCUT2D eigenvalue weighted by Gasteiger charge is 2.07. The number of halogens is 1. The Bertz CT molecular complexity index is 547. The van der Waals surface area contributed by atoms with Crippen molar-refractivity contribution < 1.29 is 4.79 Å². The zero-order valence-corrected chi connectivity index (χ0v) is 11.3. The molecule has 94 valence electrons. The van der Waals surface area contributed by atoms with Crippen LogP contribution in [-0.4, -0.2) is 27.8 Å². The molecule has 0 spiro atoms. The first-order valence-corrected chi connectivity index (χ1v) is 6.51. The third-order valence-corrected chi connectivity index (χ3v) is 3.50. The second-order valence-corrected chi connectivity index (χ2v) is 5.45. The van der Waals surface area contributed by atoms with E-state index in [1.807, 2.05) is 12.1 Å². The molecule has 0 saturated carbocycles. The molecule has 4 nitrogen and oxygen atoms in total. The number of rotatable bonds is 4. The average molecular weight is 282 g/mol. The van der Waals surface area contributed by atoms with Gasteiger partial charge in [0.25, 0.3) is 0 Å². The summed E-state index contributed by atoms with van der Waals surface area (Å²) in [5, 5.41) is 0. The van der Waals surface area contributed by atoms with Crippen LogP contribution in [0.3, 0.4) is 0 Å². The molecule has 0 fully saturated rings. The van der Waals surface area contributed by atoms with E-state index in [9.17, 15) is 4.79 Å². The van der Waals surface area contributed by atoms with E-state index in [1.54, 1.807) is 30.4 Å². The van der Waals surface area contributed by atoms with Gasteiger partial charge in [0, 0.05) is 30.4 Å². The van der Waals surface area contributed by atoms with Gasteiger partial charge in [-0.25, -0.2) is 4.98 Å². The molecule has 2 aromatic rings. The molecule has 0 aliphatic rings. The molecular weight excluding hydrogens is 270 g/mol. The Kier molecular flexibility index (Phi) is 4.17. The van der Waals surface area contributed by atoms with Crippen LogP contribution in [-0.2, 0) is 11.3 Å². The summed E-state index contributed by atoms with van der Waals surface area (Å²) in [4.78, 5) is 21.4.